The van der Waals surface area contributed by atoms with Gasteiger partial charge < -0.3 is 4.74 Å². The third kappa shape index (κ3) is 5.01. The van der Waals surface area contributed by atoms with Crippen molar-refractivity contribution in [3.05, 3.63) is 28.3 Å². The average Bonchev–Trinajstić information content (AvgIpc) is 2.33. The molecule has 6 heteroatoms. The van der Waals surface area contributed by atoms with Gasteiger partial charge in [0.2, 0.25) is 10.0 Å². The van der Waals surface area contributed by atoms with E-state index in [1.165, 1.54) is 0 Å². The second kappa shape index (κ2) is 7.12. The fourth-order valence-corrected chi connectivity index (χ4v) is 3.30. The number of sulfonamides is 1. The van der Waals surface area contributed by atoms with Gasteiger partial charge in [-0.15, -0.1) is 0 Å². The van der Waals surface area contributed by atoms with Gasteiger partial charge in [-0.3, -0.25) is 0 Å². The summed E-state index contributed by atoms with van der Waals surface area (Å²) in [4.78, 5) is 0. The molecule has 108 valence electrons. The maximum Gasteiger partial charge on any atom is 0.211 e. The molecule has 1 N–H and O–H groups in total. The minimum Gasteiger partial charge on any atom is -0.496 e. The molecule has 0 atom stereocenters. The Morgan fingerprint density at radius 3 is 2.63 bits per heavy atom. The Morgan fingerprint density at radius 2 is 2.05 bits per heavy atom. The molecule has 0 aromatic heterocycles. The number of nitrogens with one attached hydrogen (secondary N) is 1. The first kappa shape index (κ1) is 16.3. The SMILES string of the molecule is CCCCS(=O)(=O)NCc1cc(Cl)cc(C)c1OC. The Bertz CT molecular complexity index is 529. The highest BCUT2D eigenvalue weighted by atomic mass is 35.5. The third-order valence-electron chi connectivity index (χ3n) is 2.77. The Labute approximate surface area is 120 Å². The molecule has 0 saturated carbocycles. The molecule has 19 heavy (non-hydrogen) atoms. The Hall–Kier alpha value is -0.780. The fraction of sp³-hybridized carbons (Fsp3) is 0.538. The molecule has 0 amide bonds. The van der Waals surface area contributed by atoms with Crippen LogP contribution in [0.25, 0.3) is 0 Å². The zero-order valence-electron chi connectivity index (χ0n) is 11.5. The van der Waals surface area contributed by atoms with Crippen LogP contribution >= 0.6 is 11.6 Å². The van der Waals surface area contributed by atoms with Crippen LogP contribution in [0.5, 0.6) is 5.75 Å². The first-order valence-electron chi connectivity index (χ1n) is 6.20. The van der Waals surface area contributed by atoms with E-state index in [2.05, 4.69) is 4.72 Å². The molecule has 0 aliphatic heterocycles. The molecule has 0 unspecified atom stereocenters. The standard InChI is InChI=1S/C13H20ClNO3S/c1-4-5-6-19(16,17)15-9-11-8-12(14)7-10(2)13(11)18-3/h7-8,15H,4-6,9H2,1-3H3. The number of hydrogen-bond acceptors (Lipinski definition) is 3. The molecule has 0 aliphatic carbocycles. The summed E-state index contributed by atoms with van der Waals surface area (Å²) in [7, 11) is -1.68. The van der Waals surface area contributed by atoms with Crippen molar-refractivity contribution in [1.82, 2.24) is 4.72 Å². The minimum absolute atomic E-state index is 0.144. The Morgan fingerprint density at radius 1 is 1.37 bits per heavy atom. The number of hydrogen-bond donors (Lipinski definition) is 1. The lowest BCUT2D eigenvalue weighted by molar-refractivity contribution is 0.406. The molecule has 0 spiro atoms. The maximum absolute atomic E-state index is 11.7. The highest BCUT2D eigenvalue weighted by molar-refractivity contribution is 7.89. The first-order chi connectivity index (χ1) is 8.89. The van der Waals surface area contributed by atoms with E-state index in [-0.39, 0.29) is 12.3 Å². The number of aryl methyl sites for hydroxylation is 1. The molecule has 0 radical (unpaired) electrons. The Kier molecular flexibility index (Phi) is 6.10. The monoisotopic (exact) mass is 305 g/mol. The molecule has 1 aromatic carbocycles. The molecule has 0 fully saturated rings. The van der Waals surface area contributed by atoms with Gasteiger partial charge in [0.15, 0.2) is 0 Å². The summed E-state index contributed by atoms with van der Waals surface area (Å²) in [5, 5.41) is 0.570. The van der Waals surface area contributed by atoms with Crippen LogP contribution in [-0.2, 0) is 16.6 Å². The first-order valence-corrected chi connectivity index (χ1v) is 8.23. The minimum atomic E-state index is -3.24. The lowest BCUT2D eigenvalue weighted by Crippen LogP contribution is -2.26. The number of halogens is 1. The van der Waals surface area contributed by atoms with Gasteiger partial charge in [-0.1, -0.05) is 24.9 Å². The van der Waals surface area contributed by atoms with E-state index < -0.39 is 10.0 Å². The summed E-state index contributed by atoms with van der Waals surface area (Å²) in [5.41, 5.74) is 1.63. The molecule has 0 saturated heterocycles. The fourth-order valence-electron chi connectivity index (χ4n) is 1.82. The zero-order valence-corrected chi connectivity index (χ0v) is 13.1. The van der Waals surface area contributed by atoms with Crippen molar-refractivity contribution in [3.63, 3.8) is 0 Å². The van der Waals surface area contributed by atoms with Crippen molar-refractivity contribution in [2.45, 2.75) is 33.2 Å². The molecule has 4 nitrogen and oxygen atoms in total. The smallest absolute Gasteiger partial charge is 0.211 e. The van der Waals surface area contributed by atoms with Gasteiger partial charge in [0.1, 0.15) is 5.75 Å². The average molecular weight is 306 g/mol. The van der Waals surface area contributed by atoms with Crippen molar-refractivity contribution in [2.75, 3.05) is 12.9 Å². The maximum atomic E-state index is 11.7. The van der Waals surface area contributed by atoms with Gasteiger partial charge in [-0.2, -0.15) is 0 Å². The number of ether oxygens (including phenoxy) is 1. The predicted molar refractivity (Wildman–Crippen MR) is 78.3 cm³/mol. The van der Waals surface area contributed by atoms with Crippen LogP contribution in [0, 0.1) is 6.92 Å². The van der Waals surface area contributed by atoms with Crippen LogP contribution in [0.1, 0.15) is 30.9 Å². The lowest BCUT2D eigenvalue weighted by Gasteiger charge is -2.13. The summed E-state index contributed by atoms with van der Waals surface area (Å²) >= 11 is 5.98. The number of benzene rings is 1. The topological polar surface area (TPSA) is 55.4 Å². The van der Waals surface area contributed by atoms with Crippen LogP contribution in [-0.4, -0.2) is 21.3 Å². The van der Waals surface area contributed by atoms with Crippen molar-refractivity contribution in [3.8, 4) is 5.75 Å². The van der Waals surface area contributed by atoms with Gasteiger partial charge in [0, 0.05) is 17.1 Å². The zero-order chi connectivity index (χ0) is 14.5. The second-order valence-electron chi connectivity index (χ2n) is 4.41. The highest BCUT2D eigenvalue weighted by Gasteiger charge is 2.13. The number of unbranched alkanes of at least 4 members (excludes halogenated alkanes) is 1. The van der Waals surface area contributed by atoms with Crippen LogP contribution in [0.3, 0.4) is 0 Å². The van der Waals surface area contributed by atoms with Crippen LogP contribution in [0.2, 0.25) is 5.02 Å². The summed E-state index contributed by atoms with van der Waals surface area (Å²) in [5.74, 6) is 0.813. The van der Waals surface area contributed by atoms with E-state index in [0.29, 0.717) is 17.2 Å². The van der Waals surface area contributed by atoms with E-state index in [1.54, 1.807) is 19.2 Å². The molecular formula is C13H20ClNO3S. The number of methoxy groups -OCH3 is 1. The molecule has 0 bridgehead atoms. The molecule has 0 aliphatic rings. The van der Waals surface area contributed by atoms with Gasteiger partial charge in [-0.25, -0.2) is 13.1 Å². The van der Waals surface area contributed by atoms with Crippen molar-refractivity contribution in [1.29, 1.82) is 0 Å². The highest BCUT2D eigenvalue weighted by Crippen LogP contribution is 2.27. The summed E-state index contributed by atoms with van der Waals surface area (Å²) in [6.45, 7) is 4.02. The van der Waals surface area contributed by atoms with Crippen molar-refractivity contribution < 1.29 is 13.2 Å². The van der Waals surface area contributed by atoms with Crippen molar-refractivity contribution >= 4 is 21.6 Å². The summed E-state index contributed by atoms with van der Waals surface area (Å²) < 4.78 is 31.4. The summed E-state index contributed by atoms with van der Waals surface area (Å²) in [6.07, 6.45) is 1.50. The predicted octanol–water partition coefficient (Wildman–Crippen LogP) is 2.88. The largest absolute Gasteiger partial charge is 0.496 e. The molecule has 1 rings (SSSR count). The van der Waals surface area contributed by atoms with Crippen molar-refractivity contribution in [2.24, 2.45) is 0 Å². The van der Waals surface area contributed by atoms with Crippen LogP contribution < -0.4 is 9.46 Å². The van der Waals surface area contributed by atoms with E-state index in [0.717, 1.165) is 17.5 Å². The van der Waals surface area contributed by atoms with Crippen LogP contribution in [0.4, 0.5) is 0 Å². The van der Waals surface area contributed by atoms with Gasteiger partial charge in [-0.05, 0) is 31.0 Å². The normalized spacial score (nSPS) is 11.6. The van der Waals surface area contributed by atoms with E-state index >= 15 is 0 Å². The Balaban J connectivity index is 2.83. The van der Waals surface area contributed by atoms with E-state index in [9.17, 15) is 8.42 Å². The number of rotatable bonds is 7. The van der Waals surface area contributed by atoms with Gasteiger partial charge >= 0.3 is 0 Å². The second-order valence-corrected chi connectivity index (χ2v) is 6.77. The quantitative estimate of drug-likeness (QED) is 0.842. The third-order valence-corrected chi connectivity index (χ3v) is 4.40. The molecular weight excluding hydrogens is 286 g/mol. The van der Waals surface area contributed by atoms with Crippen LogP contribution in [0.15, 0.2) is 12.1 Å². The van der Waals surface area contributed by atoms with E-state index in [4.69, 9.17) is 16.3 Å². The molecule has 0 heterocycles. The van der Waals surface area contributed by atoms with Gasteiger partial charge in [0.05, 0.1) is 12.9 Å². The lowest BCUT2D eigenvalue weighted by atomic mass is 10.1. The molecule has 1 aromatic rings. The van der Waals surface area contributed by atoms with Gasteiger partial charge in [0.25, 0.3) is 0 Å². The summed E-state index contributed by atoms with van der Waals surface area (Å²) in [6, 6.07) is 3.51. The van der Waals surface area contributed by atoms with E-state index in [1.807, 2.05) is 13.8 Å².